The largest absolute Gasteiger partial charge is 0.379 e. The average Bonchev–Trinajstić information content (AvgIpc) is 2.85. The molecular weight excluding hydrogens is 406 g/mol. The molecule has 32 heavy (non-hydrogen) atoms. The Kier molecular flexibility index (Phi) is 7.14. The SMILES string of the molecule is C[C@@H]1N=C(C(=O)N(CCCN2CCOCC2)c2ccccc2)NN(c2ccccc2)C1=O. The molecule has 2 heterocycles. The Morgan fingerprint density at radius 1 is 1.09 bits per heavy atom. The second-order valence-corrected chi connectivity index (χ2v) is 7.87. The highest BCUT2D eigenvalue weighted by molar-refractivity contribution is 6.44. The lowest BCUT2D eigenvalue weighted by molar-refractivity contribution is -0.120. The lowest BCUT2D eigenvalue weighted by Gasteiger charge is -2.33. The van der Waals surface area contributed by atoms with E-state index in [1.165, 1.54) is 5.01 Å². The number of nitrogens with zero attached hydrogens (tertiary/aromatic N) is 4. The molecule has 0 aromatic heterocycles. The first-order valence-electron chi connectivity index (χ1n) is 11.0. The number of benzene rings is 2. The van der Waals surface area contributed by atoms with E-state index in [2.05, 4.69) is 15.3 Å². The Bertz CT molecular complexity index is 945. The van der Waals surface area contributed by atoms with E-state index in [0.717, 1.165) is 45.0 Å². The molecule has 1 saturated heterocycles. The van der Waals surface area contributed by atoms with Gasteiger partial charge < -0.3 is 9.64 Å². The first-order valence-corrected chi connectivity index (χ1v) is 11.0. The van der Waals surface area contributed by atoms with E-state index in [4.69, 9.17) is 4.74 Å². The summed E-state index contributed by atoms with van der Waals surface area (Å²) in [6.45, 7) is 6.49. The van der Waals surface area contributed by atoms with Gasteiger partial charge >= 0.3 is 0 Å². The third-order valence-electron chi connectivity index (χ3n) is 5.61. The van der Waals surface area contributed by atoms with Crippen LogP contribution in [0.1, 0.15) is 13.3 Å². The molecule has 1 atom stereocenters. The highest BCUT2D eigenvalue weighted by Crippen LogP contribution is 2.19. The third kappa shape index (κ3) is 5.15. The number of morpholine rings is 1. The Morgan fingerprint density at radius 3 is 2.44 bits per heavy atom. The maximum Gasteiger partial charge on any atom is 0.295 e. The van der Waals surface area contributed by atoms with E-state index in [-0.39, 0.29) is 17.6 Å². The molecule has 0 radical (unpaired) electrons. The third-order valence-corrected chi connectivity index (χ3v) is 5.61. The molecule has 2 amide bonds. The van der Waals surface area contributed by atoms with Crippen LogP contribution < -0.4 is 15.3 Å². The number of nitrogens with one attached hydrogen (secondary N) is 1. The number of hydrazine groups is 1. The Morgan fingerprint density at radius 2 is 1.75 bits per heavy atom. The Balaban J connectivity index is 1.51. The van der Waals surface area contributed by atoms with E-state index in [1.807, 2.05) is 60.7 Å². The van der Waals surface area contributed by atoms with Crippen LogP contribution in [0.15, 0.2) is 65.7 Å². The number of anilines is 2. The number of amidine groups is 1. The maximum atomic E-state index is 13.6. The van der Waals surface area contributed by atoms with Gasteiger partial charge in [-0.15, -0.1) is 0 Å². The minimum atomic E-state index is -0.652. The number of hydrogen-bond acceptors (Lipinski definition) is 6. The van der Waals surface area contributed by atoms with Crippen LogP contribution in [0.5, 0.6) is 0 Å². The molecule has 0 saturated carbocycles. The molecule has 2 aliphatic heterocycles. The van der Waals surface area contributed by atoms with Gasteiger partial charge in [0.25, 0.3) is 11.8 Å². The van der Waals surface area contributed by atoms with Gasteiger partial charge in [0.15, 0.2) is 0 Å². The molecule has 8 nitrogen and oxygen atoms in total. The highest BCUT2D eigenvalue weighted by Gasteiger charge is 2.33. The van der Waals surface area contributed by atoms with Crippen molar-refractivity contribution in [2.24, 2.45) is 4.99 Å². The first-order chi connectivity index (χ1) is 15.6. The molecule has 2 aliphatic rings. The molecule has 1 fully saturated rings. The van der Waals surface area contributed by atoms with Crippen molar-refractivity contribution in [3.63, 3.8) is 0 Å². The molecule has 1 N–H and O–H groups in total. The first kappa shape index (κ1) is 22.0. The number of hydrogen-bond donors (Lipinski definition) is 1. The number of para-hydroxylation sites is 2. The number of amides is 2. The fourth-order valence-electron chi connectivity index (χ4n) is 3.86. The summed E-state index contributed by atoms with van der Waals surface area (Å²) in [5, 5.41) is 1.40. The number of aliphatic imine (C=N–C) groups is 1. The van der Waals surface area contributed by atoms with Crippen molar-refractivity contribution in [3.8, 4) is 0 Å². The van der Waals surface area contributed by atoms with Gasteiger partial charge in [-0.05, 0) is 37.6 Å². The fourth-order valence-corrected chi connectivity index (χ4v) is 3.86. The summed E-state index contributed by atoms with van der Waals surface area (Å²) < 4.78 is 5.42. The van der Waals surface area contributed by atoms with Gasteiger partial charge in [-0.25, -0.2) is 10.0 Å². The molecule has 0 unspecified atom stereocenters. The molecule has 4 rings (SSSR count). The maximum absolute atomic E-state index is 13.6. The number of ether oxygens (including phenoxy) is 1. The van der Waals surface area contributed by atoms with Crippen LogP contribution in [0, 0.1) is 0 Å². The minimum absolute atomic E-state index is 0.163. The molecule has 0 spiro atoms. The lowest BCUT2D eigenvalue weighted by atomic mass is 10.2. The van der Waals surface area contributed by atoms with Gasteiger partial charge in [-0.2, -0.15) is 0 Å². The van der Waals surface area contributed by atoms with Crippen LogP contribution in [0.4, 0.5) is 11.4 Å². The molecule has 2 aromatic carbocycles. The van der Waals surface area contributed by atoms with E-state index >= 15 is 0 Å². The minimum Gasteiger partial charge on any atom is -0.379 e. The van der Waals surface area contributed by atoms with Crippen molar-refractivity contribution >= 4 is 29.0 Å². The molecule has 0 aliphatic carbocycles. The fraction of sp³-hybridized carbons (Fsp3) is 0.375. The van der Waals surface area contributed by atoms with Crippen molar-refractivity contribution in [2.45, 2.75) is 19.4 Å². The van der Waals surface area contributed by atoms with E-state index in [0.29, 0.717) is 12.2 Å². The topological polar surface area (TPSA) is 77.5 Å². The van der Waals surface area contributed by atoms with Crippen LogP contribution in [0.2, 0.25) is 0 Å². The van der Waals surface area contributed by atoms with Gasteiger partial charge in [0.2, 0.25) is 5.84 Å². The predicted molar refractivity (Wildman–Crippen MR) is 125 cm³/mol. The van der Waals surface area contributed by atoms with Crippen molar-refractivity contribution in [2.75, 3.05) is 49.3 Å². The normalized spacial score (nSPS) is 19.3. The average molecular weight is 436 g/mol. The van der Waals surface area contributed by atoms with Crippen LogP contribution in [-0.2, 0) is 14.3 Å². The summed E-state index contributed by atoms with van der Waals surface area (Å²) in [5.41, 5.74) is 4.43. The predicted octanol–water partition coefficient (Wildman–Crippen LogP) is 2.08. The molecule has 168 valence electrons. The summed E-state index contributed by atoms with van der Waals surface area (Å²) >= 11 is 0. The van der Waals surface area contributed by atoms with Crippen LogP contribution in [-0.4, -0.2) is 68.0 Å². The van der Waals surface area contributed by atoms with Gasteiger partial charge in [0.05, 0.1) is 18.9 Å². The summed E-state index contributed by atoms with van der Waals surface area (Å²) in [6.07, 6.45) is 0.824. The molecular formula is C24H29N5O3. The van der Waals surface area contributed by atoms with E-state index in [9.17, 15) is 9.59 Å². The van der Waals surface area contributed by atoms with Crippen LogP contribution in [0.25, 0.3) is 0 Å². The summed E-state index contributed by atoms with van der Waals surface area (Å²) in [6, 6.07) is 18.2. The van der Waals surface area contributed by atoms with E-state index < -0.39 is 6.04 Å². The second kappa shape index (κ2) is 10.4. The van der Waals surface area contributed by atoms with Crippen molar-refractivity contribution in [1.29, 1.82) is 0 Å². The van der Waals surface area contributed by atoms with Crippen molar-refractivity contribution < 1.29 is 14.3 Å². The van der Waals surface area contributed by atoms with Crippen molar-refractivity contribution in [1.82, 2.24) is 10.3 Å². The Labute approximate surface area is 188 Å². The van der Waals surface area contributed by atoms with Crippen LogP contribution >= 0.6 is 0 Å². The molecule has 0 bridgehead atoms. The monoisotopic (exact) mass is 435 g/mol. The van der Waals surface area contributed by atoms with Gasteiger partial charge in [-0.3, -0.25) is 19.9 Å². The summed E-state index contributed by atoms with van der Waals surface area (Å²) in [7, 11) is 0. The standard InChI is InChI=1S/C24H29N5O3/c1-19-23(30)29(21-11-6-3-7-12-21)26-22(25-19)24(31)28(20-9-4-2-5-10-20)14-8-13-27-15-17-32-18-16-27/h2-7,9-12,19H,8,13-18H2,1H3,(H,25,26)/t19-/m0/s1. The zero-order valence-corrected chi connectivity index (χ0v) is 18.3. The molecule has 2 aromatic rings. The summed E-state index contributed by atoms with van der Waals surface area (Å²) in [4.78, 5) is 34.7. The zero-order chi connectivity index (χ0) is 22.3. The number of rotatable bonds is 7. The van der Waals surface area contributed by atoms with Gasteiger partial charge in [-0.1, -0.05) is 36.4 Å². The van der Waals surface area contributed by atoms with E-state index in [1.54, 1.807) is 11.8 Å². The quantitative estimate of drug-likeness (QED) is 0.721. The van der Waals surface area contributed by atoms with Crippen LogP contribution in [0.3, 0.4) is 0 Å². The second-order valence-electron chi connectivity index (χ2n) is 7.87. The number of carbonyl (C=O) groups is 2. The zero-order valence-electron chi connectivity index (χ0n) is 18.3. The number of carbonyl (C=O) groups excluding carboxylic acids is 2. The molecule has 8 heteroatoms. The highest BCUT2D eigenvalue weighted by atomic mass is 16.5. The lowest BCUT2D eigenvalue weighted by Crippen LogP contribution is -2.58. The van der Waals surface area contributed by atoms with Crippen molar-refractivity contribution in [3.05, 3.63) is 60.7 Å². The smallest absolute Gasteiger partial charge is 0.295 e. The van der Waals surface area contributed by atoms with Gasteiger partial charge in [0.1, 0.15) is 6.04 Å². The summed E-state index contributed by atoms with van der Waals surface area (Å²) in [5.74, 6) is -0.291. The van der Waals surface area contributed by atoms with Gasteiger partial charge in [0, 0.05) is 31.9 Å². The Hall–Kier alpha value is -3.23.